The third-order valence-electron chi connectivity index (χ3n) is 2.59. The average molecular weight is 275 g/mol. The van der Waals surface area contributed by atoms with E-state index in [0.717, 1.165) is 12.1 Å². The summed E-state index contributed by atoms with van der Waals surface area (Å²) in [7, 11) is 0. The Labute approximate surface area is 107 Å². The smallest absolute Gasteiger partial charge is 0.406 e. The van der Waals surface area contributed by atoms with Crippen LogP contribution in [0, 0.1) is 0 Å². The summed E-state index contributed by atoms with van der Waals surface area (Å²) < 4.78 is 45.2. The summed E-state index contributed by atoms with van der Waals surface area (Å²) in [6.45, 7) is 1.26. The summed E-state index contributed by atoms with van der Waals surface area (Å²) in [5.74, 6) is -0.720. The van der Waals surface area contributed by atoms with Gasteiger partial charge in [0.25, 0.3) is 0 Å². The summed E-state index contributed by atoms with van der Waals surface area (Å²) in [4.78, 5) is 12.0. The van der Waals surface area contributed by atoms with Crippen LogP contribution in [0.1, 0.15) is 10.4 Å². The Balaban J connectivity index is 2.11. The number of morpholine rings is 1. The molecule has 1 atom stereocenters. The number of ether oxygens (including phenoxy) is 2. The third kappa shape index (κ3) is 3.93. The summed E-state index contributed by atoms with van der Waals surface area (Å²) in [5.41, 5.74) is 0.157. The van der Waals surface area contributed by atoms with Gasteiger partial charge < -0.3 is 14.8 Å². The molecule has 7 heteroatoms. The number of ketones is 1. The molecule has 1 unspecified atom stereocenters. The van der Waals surface area contributed by atoms with Crippen LogP contribution in [0.25, 0.3) is 0 Å². The molecule has 0 radical (unpaired) electrons. The van der Waals surface area contributed by atoms with Crippen LogP contribution in [0.3, 0.4) is 0 Å². The fraction of sp³-hybridized carbons (Fsp3) is 0.417. The van der Waals surface area contributed by atoms with Crippen molar-refractivity contribution in [1.29, 1.82) is 0 Å². The first-order valence-electron chi connectivity index (χ1n) is 5.67. The van der Waals surface area contributed by atoms with Crippen molar-refractivity contribution in [2.24, 2.45) is 0 Å². The highest BCUT2D eigenvalue weighted by atomic mass is 19.4. The molecule has 0 aliphatic carbocycles. The van der Waals surface area contributed by atoms with Gasteiger partial charge in [0, 0.05) is 12.1 Å². The number of benzene rings is 1. The normalized spacial score (nSPS) is 20.1. The van der Waals surface area contributed by atoms with Crippen LogP contribution < -0.4 is 10.1 Å². The van der Waals surface area contributed by atoms with Gasteiger partial charge in [-0.25, -0.2) is 0 Å². The number of Topliss-reactive ketones (excluding diaryl/α,β-unsaturated/α-hetero) is 1. The Morgan fingerprint density at radius 2 is 2.21 bits per heavy atom. The van der Waals surface area contributed by atoms with Crippen LogP contribution in [-0.2, 0) is 4.74 Å². The Bertz CT molecular complexity index is 456. The van der Waals surface area contributed by atoms with Crippen molar-refractivity contribution < 1.29 is 27.4 Å². The lowest BCUT2D eigenvalue weighted by Crippen LogP contribution is -2.46. The predicted octanol–water partition coefficient (Wildman–Crippen LogP) is 1.76. The molecule has 1 aromatic carbocycles. The minimum Gasteiger partial charge on any atom is -0.406 e. The summed E-state index contributed by atoms with van der Waals surface area (Å²) >= 11 is 0. The van der Waals surface area contributed by atoms with Gasteiger partial charge in [-0.3, -0.25) is 4.79 Å². The highest BCUT2D eigenvalue weighted by Gasteiger charge is 2.31. The first kappa shape index (κ1) is 13.8. The van der Waals surface area contributed by atoms with Crippen LogP contribution >= 0.6 is 0 Å². The van der Waals surface area contributed by atoms with E-state index in [2.05, 4.69) is 10.1 Å². The SMILES string of the molecule is O=C(c1cccc(OC(F)(F)F)c1)C1COCCN1. The van der Waals surface area contributed by atoms with Crippen LogP contribution in [0.15, 0.2) is 24.3 Å². The summed E-state index contributed by atoms with van der Waals surface area (Å²) in [5, 5.41) is 2.95. The predicted molar refractivity (Wildman–Crippen MR) is 60.1 cm³/mol. The minimum atomic E-state index is -4.77. The average Bonchev–Trinajstić information content (AvgIpc) is 2.37. The zero-order valence-electron chi connectivity index (χ0n) is 9.87. The van der Waals surface area contributed by atoms with E-state index in [1.54, 1.807) is 0 Å². The summed E-state index contributed by atoms with van der Waals surface area (Å²) in [6, 6.07) is 4.48. The van der Waals surface area contributed by atoms with Crippen molar-refractivity contribution in [1.82, 2.24) is 5.32 Å². The molecule has 0 aromatic heterocycles. The van der Waals surface area contributed by atoms with Crippen molar-refractivity contribution in [2.45, 2.75) is 12.4 Å². The molecule has 0 amide bonds. The second kappa shape index (κ2) is 5.58. The van der Waals surface area contributed by atoms with Crippen LogP contribution in [-0.4, -0.2) is 37.9 Å². The maximum absolute atomic E-state index is 12.1. The fourth-order valence-corrected chi connectivity index (χ4v) is 1.78. The van der Waals surface area contributed by atoms with E-state index < -0.39 is 18.2 Å². The number of carbonyl (C=O) groups excluding carboxylic acids is 1. The number of nitrogens with one attached hydrogen (secondary N) is 1. The molecule has 0 spiro atoms. The first-order valence-corrected chi connectivity index (χ1v) is 5.67. The van der Waals surface area contributed by atoms with Crippen LogP contribution in [0.5, 0.6) is 5.75 Å². The molecule has 1 aromatic rings. The second-order valence-corrected chi connectivity index (χ2v) is 4.02. The highest BCUT2D eigenvalue weighted by molar-refractivity contribution is 6.00. The number of alkyl halides is 3. The van der Waals surface area contributed by atoms with E-state index in [9.17, 15) is 18.0 Å². The molecule has 1 N–H and O–H groups in total. The molecule has 104 valence electrons. The zero-order chi connectivity index (χ0) is 13.9. The molecule has 4 nitrogen and oxygen atoms in total. The largest absolute Gasteiger partial charge is 0.573 e. The van der Waals surface area contributed by atoms with Gasteiger partial charge >= 0.3 is 6.36 Å². The molecule has 0 saturated carbocycles. The Morgan fingerprint density at radius 3 is 2.84 bits per heavy atom. The van der Waals surface area contributed by atoms with Crippen molar-refractivity contribution in [3.05, 3.63) is 29.8 Å². The number of rotatable bonds is 3. The monoisotopic (exact) mass is 275 g/mol. The van der Waals surface area contributed by atoms with Crippen molar-refractivity contribution in [3.63, 3.8) is 0 Å². The molecule has 19 heavy (non-hydrogen) atoms. The van der Waals surface area contributed by atoms with Gasteiger partial charge in [0.2, 0.25) is 0 Å². The number of halogens is 3. The molecule has 0 bridgehead atoms. The van der Waals surface area contributed by atoms with Gasteiger partial charge in [-0.05, 0) is 12.1 Å². The lowest BCUT2D eigenvalue weighted by Gasteiger charge is -2.22. The number of carbonyl (C=O) groups is 1. The molecular formula is C12H12F3NO3. The van der Waals surface area contributed by atoms with E-state index in [0.29, 0.717) is 13.2 Å². The maximum Gasteiger partial charge on any atom is 0.573 e. The molecule has 1 saturated heterocycles. The van der Waals surface area contributed by atoms with E-state index in [1.165, 1.54) is 12.1 Å². The van der Waals surface area contributed by atoms with Crippen molar-refractivity contribution in [2.75, 3.05) is 19.8 Å². The standard InChI is InChI=1S/C12H12F3NO3/c13-12(14,15)19-9-3-1-2-8(6-9)11(17)10-7-18-5-4-16-10/h1-3,6,10,16H,4-5,7H2. The van der Waals surface area contributed by atoms with Gasteiger partial charge in [0.1, 0.15) is 5.75 Å². The molecule has 1 aliphatic rings. The van der Waals surface area contributed by atoms with E-state index >= 15 is 0 Å². The van der Waals surface area contributed by atoms with Gasteiger partial charge in [0.05, 0.1) is 19.3 Å². The molecule has 1 heterocycles. The lowest BCUT2D eigenvalue weighted by atomic mass is 10.0. The van der Waals surface area contributed by atoms with Crippen LogP contribution in [0.2, 0.25) is 0 Å². The van der Waals surface area contributed by atoms with E-state index in [4.69, 9.17) is 4.74 Å². The van der Waals surface area contributed by atoms with Gasteiger partial charge in [-0.1, -0.05) is 12.1 Å². The number of hydrogen-bond donors (Lipinski definition) is 1. The van der Waals surface area contributed by atoms with E-state index in [1.807, 2.05) is 0 Å². The second-order valence-electron chi connectivity index (χ2n) is 4.02. The Hall–Kier alpha value is -1.60. The quantitative estimate of drug-likeness (QED) is 0.854. The molecule has 2 rings (SSSR count). The van der Waals surface area contributed by atoms with Crippen molar-refractivity contribution in [3.8, 4) is 5.75 Å². The Kier molecular flexibility index (Phi) is 4.06. The minimum absolute atomic E-state index is 0.157. The number of hydrogen-bond acceptors (Lipinski definition) is 4. The molecular weight excluding hydrogens is 263 g/mol. The molecule has 1 aliphatic heterocycles. The van der Waals surface area contributed by atoms with Gasteiger partial charge in [-0.2, -0.15) is 0 Å². The van der Waals surface area contributed by atoms with Gasteiger partial charge in [0.15, 0.2) is 5.78 Å². The summed E-state index contributed by atoms with van der Waals surface area (Å²) in [6.07, 6.45) is -4.77. The lowest BCUT2D eigenvalue weighted by molar-refractivity contribution is -0.274. The van der Waals surface area contributed by atoms with Crippen molar-refractivity contribution >= 4 is 5.78 Å². The zero-order valence-corrected chi connectivity index (χ0v) is 9.87. The topological polar surface area (TPSA) is 47.6 Å². The maximum atomic E-state index is 12.1. The van der Waals surface area contributed by atoms with Crippen LogP contribution in [0.4, 0.5) is 13.2 Å². The van der Waals surface area contributed by atoms with E-state index in [-0.39, 0.29) is 18.0 Å². The van der Waals surface area contributed by atoms with Gasteiger partial charge in [-0.15, -0.1) is 13.2 Å². The highest BCUT2D eigenvalue weighted by Crippen LogP contribution is 2.23. The third-order valence-corrected chi connectivity index (χ3v) is 2.59. The first-order chi connectivity index (χ1) is 8.96. The Morgan fingerprint density at radius 1 is 1.42 bits per heavy atom. The fourth-order valence-electron chi connectivity index (χ4n) is 1.78. The molecule has 1 fully saturated rings.